The van der Waals surface area contributed by atoms with Crippen LogP contribution in [0.5, 0.6) is 0 Å². The molecule has 0 aromatic carbocycles. The number of rotatable bonds is 1. The first-order valence-corrected chi connectivity index (χ1v) is 8.89. The van der Waals surface area contributed by atoms with Gasteiger partial charge in [0.15, 0.2) is 0 Å². The normalized spacial score (nSPS) is 27.2. The van der Waals surface area contributed by atoms with Gasteiger partial charge in [-0.1, -0.05) is 6.08 Å². The Balaban J connectivity index is 1.75. The molecular weight excluding hydrogens is 305 g/mol. The van der Waals surface area contributed by atoms with Gasteiger partial charge < -0.3 is 18.9 Å². The van der Waals surface area contributed by atoms with Gasteiger partial charge in [0.1, 0.15) is 5.60 Å². The molecule has 0 unspecified atom stereocenters. The summed E-state index contributed by atoms with van der Waals surface area (Å²) in [6, 6.07) is 0. The minimum Gasteiger partial charge on any atom is -0.444 e. The largest absolute Gasteiger partial charge is 0.490 e. The highest BCUT2D eigenvalue weighted by molar-refractivity contribution is 6.55. The fraction of sp³-hybridized carbons (Fsp3) is 0.833. The monoisotopic (exact) mass is 335 g/mol. The van der Waals surface area contributed by atoms with E-state index in [1.165, 1.54) is 5.47 Å². The number of nitrogens with zero attached hydrogens (tertiary/aromatic N) is 1. The standard InChI is InChI=1S/C18H30BNO4/c1-15(2,3)22-14(21)20-11-8-13(18(12-20)9-10-18)19-23-16(4,5)17(6,7)24-19/h8H,9-12H2,1-7H3. The molecule has 24 heavy (non-hydrogen) atoms. The molecule has 1 aliphatic carbocycles. The molecule has 2 aliphatic heterocycles. The summed E-state index contributed by atoms with van der Waals surface area (Å²) in [7, 11) is -0.307. The molecule has 3 aliphatic rings. The highest BCUT2D eigenvalue weighted by atomic mass is 16.7. The highest BCUT2D eigenvalue weighted by Gasteiger charge is 2.60. The quantitative estimate of drug-likeness (QED) is 0.687. The van der Waals surface area contributed by atoms with Crippen LogP contribution in [0.4, 0.5) is 4.79 Å². The molecule has 1 amide bonds. The summed E-state index contributed by atoms with van der Waals surface area (Å²) in [5.41, 5.74) is 0.0779. The summed E-state index contributed by atoms with van der Waals surface area (Å²) in [5.74, 6) is 0. The summed E-state index contributed by atoms with van der Waals surface area (Å²) < 4.78 is 18.0. The van der Waals surface area contributed by atoms with Crippen LogP contribution in [-0.2, 0) is 14.0 Å². The molecule has 134 valence electrons. The van der Waals surface area contributed by atoms with E-state index in [1.807, 2.05) is 20.8 Å². The van der Waals surface area contributed by atoms with Crippen molar-refractivity contribution < 1.29 is 18.8 Å². The average Bonchev–Trinajstić information content (AvgIpc) is 3.10. The van der Waals surface area contributed by atoms with Gasteiger partial charge in [0.05, 0.1) is 11.2 Å². The first kappa shape index (κ1) is 17.8. The molecule has 0 radical (unpaired) electrons. The topological polar surface area (TPSA) is 48.0 Å². The lowest BCUT2D eigenvalue weighted by atomic mass is 9.67. The van der Waals surface area contributed by atoms with E-state index in [1.54, 1.807) is 4.90 Å². The van der Waals surface area contributed by atoms with Gasteiger partial charge in [0.25, 0.3) is 0 Å². The maximum atomic E-state index is 12.4. The van der Waals surface area contributed by atoms with Crippen LogP contribution >= 0.6 is 0 Å². The lowest BCUT2D eigenvalue weighted by molar-refractivity contribution is 0.00578. The maximum Gasteiger partial charge on any atom is 0.490 e. The van der Waals surface area contributed by atoms with Crippen LogP contribution in [0.2, 0.25) is 0 Å². The van der Waals surface area contributed by atoms with Crippen LogP contribution in [-0.4, -0.2) is 48.0 Å². The van der Waals surface area contributed by atoms with Gasteiger partial charge >= 0.3 is 13.2 Å². The summed E-state index contributed by atoms with van der Waals surface area (Å²) >= 11 is 0. The molecule has 1 saturated heterocycles. The van der Waals surface area contributed by atoms with E-state index in [2.05, 4.69) is 33.8 Å². The summed E-state index contributed by atoms with van der Waals surface area (Å²) in [4.78, 5) is 14.2. The lowest BCUT2D eigenvalue weighted by Crippen LogP contribution is -2.45. The van der Waals surface area contributed by atoms with E-state index in [9.17, 15) is 4.79 Å². The molecule has 0 atom stereocenters. The molecule has 6 heteroatoms. The Kier molecular flexibility index (Phi) is 3.89. The number of carbonyl (C=O) groups is 1. The van der Waals surface area contributed by atoms with Gasteiger partial charge in [-0.3, -0.25) is 0 Å². The average molecular weight is 335 g/mol. The number of hydrogen-bond acceptors (Lipinski definition) is 4. The molecule has 3 rings (SSSR count). The minimum atomic E-state index is -0.469. The fourth-order valence-electron chi connectivity index (χ4n) is 3.33. The summed E-state index contributed by atoms with van der Waals surface area (Å²) in [6.45, 7) is 15.2. The van der Waals surface area contributed by atoms with Crippen LogP contribution in [0, 0.1) is 5.41 Å². The number of carbonyl (C=O) groups excluding carboxylic acids is 1. The van der Waals surface area contributed by atoms with Crippen molar-refractivity contribution in [3.8, 4) is 0 Å². The third-order valence-electron chi connectivity index (χ3n) is 5.65. The van der Waals surface area contributed by atoms with Gasteiger partial charge in [-0.2, -0.15) is 0 Å². The number of ether oxygens (including phenoxy) is 1. The van der Waals surface area contributed by atoms with Gasteiger partial charge in [0, 0.05) is 18.5 Å². The molecule has 1 saturated carbocycles. The van der Waals surface area contributed by atoms with Crippen molar-refractivity contribution in [3.05, 3.63) is 11.5 Å². The molecule has 0 aromatic heterocycles. The Morgan fingerprint density at radius 2 is 1.71 bits per heavy atom. The van der Waals surface area contributed by atoms with E-state index in [0.717, 1.165) is 12.8 Å². The Bertz CT molecular complexity index is 556. The number of amides is 1. The molecular formula is C18H30BNO4. The van der Waals surface area contributed by atoms with Crippen molar-refractivity contribution in [2.75, 3.05) is 13.1 Å². The lowest BCUT2D eigenvalue weighted by Gasteiger charge is -2.35. The van der Waals surface area contributed by atoms with Crippen molar-refractivity contribution in [1.82, 2.24) is 4.90 Å². The van der Waals surface area contributed by atoms with E-state index in [0.29, 0.717) is 13.1 Å². The van der Waals surface area contributed by atoms with Crippen LogP contribution in [0.1, 0.15) is 61.3 Å². The summed E-state index contributed by atoms with van der Waals surface area (Å²) in [5, 5.41) is 0. The highest BCUT2D eigenvalue weighted by Crippen LogP contribution is 2.56. The molecule has 2 fully saturated rings. The fourth-order valence-corrected chi connectivity index (χ4v) is 3.33. The van der Waals surface area contributed by atoms with E-state index in [-0.39, 0.29) is 29.8 Å². The zero-order valence-corrected chi connectivity index (χ0v) is 16.1. The molecule has 2 heterocycles. The molecule has 0 N–H and O–H groups in total. The summed E-state index contributed by atoms with van der Waals surface area (Å²) in [6.07, 6.45) is 4.02. The number of hydrogen-bond donors (Lipinski definition) is 0. The van der Waals surface area contributed by atoms with E-state index in [4.69, 9.17) is 14.0 Å². The first-order valence-electron chi connectivity index (χ1n) is 8.89. The van der Waals surface area contributed by atoms with Crippen LogP contribution < -0.4 is 0 Å². The van der Waals surface area contributed by atoms with Crippen LogP contribution in [0.15, 0.2) is 11.5 Å². The van der Waals surface area contributed by atoms with Crippen molar-refractivity contribution in [1.29, 1.82) is 0 Å². The van der Waals surface area contributed by atoms with Gasteiger partial charge in [-0.15, -0.1) is 0 Å². The van der Waals surface area contributed by atoms with Crippen molar-refractivity contribution in [3.63, 3.8) is 0 Å². The second-order valence-electron chi connectivity index (χ2n) is 9.39. The van der Waals surface area contributed by atoms with Crippen molar-refractivity contribution in [2.24, 2.45) is 5.41 Å². The Hall–Kier alpha value is -1.01. The second kappa shape index (κ2) is 5.24. The van der Waals surface area contributed by atoms with Crippen molar-refractivity contribution in [2.45, 2.75) is 78.1 Å². The minimum absolute atomic E-state index is 0.0102. The third kappa shape index (κ3) is 3.10. The predicted molar refractivity (Wildman–Crippen MR) is 93.6 cm³/mol. The SMILES string of the molecule is CC(C)(C)OC(=O)N1CC=C(B2OC(C)(C)C(C)(C)O2)C2(CC2)C1. The van der Waals surface area contributed by atoms with Gasteiger partial charge in [-0.25, -0.2) is 4.79 Å². The molecule has 0 aromatic rings. The van der Waals surface area contributed by atoms with Gasteiger partial charge in [0.2, 0.25) is 0 Å². The molecule has 5 nitrogen and oxygen atoms in total. The zero-order chi connectivity index (χ0) is 18.0. The smallest absolute Gasteiger partial charge is 0.444 e. The molecule has 0 bridgehead atoms. The predicted octanol–water partition coefficient (Wildman–Crippen LogP) is 3.58. The van der Waals surface area contributed by atoms with Crippen LogP contribution in [0.25, 0.3) is 0 Å². The maximum absolute atomic E-state index is 12.4. The Labute approximate surface area is 145 Å². The van der Waals surface area contributed by atoms with Crippen molar-refractivity contribution >= 4 is 13.2 Å². The third-order valence-corrected chi connectivity index (χ3v) is 5.65. The second-order valence-corrected chi connectivity index (χ2v) is 9.39. The van der Waals surface area contributed by atoms with Crippen LogP contribution in [0.3, 0.4) is 0 Å². The Morgan fingerprint density at radius 3 is 2.17 bits per heavy atom. The zero-order valence-electron chi connectivity index (χ0n) is 16.1. The Morgan fingerprint density at radius 1 is 1.17 bits per heavy atom. The van der Waals surface area contributed by atoms with E-state index >= 15 is 0 Å². The first-order chi connectivity index (χ1) is 10.9. The molecule has 1 spiro atoms. The van der Waals surface area contributed by atoms with E-state index < -0.39 is 5.60 Å². The van der Waals surface area contributed by atoms with Gasteiger partial charge in [-0.05, 0) is 66.8 Å².